The third-order valence-corrected chi connectivity index (χ3v) is 2.78. The standard InChI is InChI=1S/C12H16N4/c13-9-12-8-11(2-4-15-12)10-16-6-1-3-14-5-7-16/h2,4,8,14H,1,3,5-7,10H2. The van der Waals surface area contributed by atoms with Crippen molar-refractivity contribution in [3.8, 4) is 6.07 Å². The van der Waals surface area contributed by atoms with Gasteiger partial charge in [0.25, 0.3) is 0 Å². The molecule has 0 bridgehead atoms. The van der Waals surface area contributed by atoms with E-state index in [9.17, 15) is 0 Å². The first-order valence-corrected chi connectivity index (χ1v) is 5.66. The minimum Gasteiger partial charge on any atom is -0.315 e. The van der Waals surface area contributed by atoms with E-state index in [1.807, 2.05) is 12.1 Å². The van der Waals surface area contributed by atoms with E-state index in [0.717, 1.165) is 32.7 Å². The second kappa shape index (κ2) is 5.59. The summed E-state index contributed by atoms with van der Waals surface area (Å²) in [7, 11) is 0. The second-order valence-electron chi connectivity index (χ2n) is 4.04. The Hall–Kier alpha value is -1.44. The molecule has 1 aromatic heterocycles. The van der Waals surface area contributed by atoms with Crippen molar-refractivity contribution in [2.75, 3.05) is 26.2 Å². The molecule has 1 aromatic rings. The number of hydrogen-bond acceptors (Lipinski definition) is 4. The van der Waals surface area contributed by atoms with Crippen molar-refractivity contribution in [1.29, 1.82) is 5.26 Å². The van der Waals surface area contributed by atoms with Crippen molar-refractivity contribution in [3.05, 3.63) is 29.6 Å². The third kappa shape index (κ3) is 3.02. The summed E-state index contributed by atoms with van der Waals surface area (Å²) in [6.07, 6.45) is 2.90. The molecule has 0 aromatic carbocycles. The minimum atomic E-state index is 0.505. The molecular weight excluding hydrogens is 200 g/mol. The van der Waals surface area contributed by atoms with Crippen LogP contribution in [0.5, 0.6) is 0 Å². The van der Waals surface area contributed by atoms with Crippen LogP contribution >= 0.6 is 0 Å². The van der Waals surface area contributed by atoms with Gasteiger partial charge in [-0.25, -0.2) is 4.98 Å². The van der Waals surface area contributed by atoms with Crippen molar-refractivity contribution >= 4 is 0 Å². The molecule has 0 atom stereocenters. The number of hydrogen-bond donors (Lipinski definition) is 1. The first-order valence-electron chi connectivity index (χ1n) is 5.66. The zero-order valence-electron chi connectivity index (χ0n) is 9.32. The molecule has 16 heavy (non-hydrogen) atoms. The normalized spacial score (nSPS) is 17.7. The van der Waals surface area contributed by atoms with Gasteiger partial charge >= 0.3 is 0 Å². The molecule has 1 aliphatic rings. The van der Waals surface area contributed by atoms with Crippen LogP contribution in [0.1, 0.15) is 17.7 Å². The van der Waals surface area contributed by atoms with Gasteiger partial charge in [-0.15, -0.1) is 0 Å². The number of aromatic nitrogens is 1. The van der Waals surface area contributed by atoms with Crippen molar-refractivity contribution in [2.45, 2.75) is 13.0 Å². The van der Waals surface area contributed by atoms with Crippen LogP contribution in [0.15, 0.2) is 18.3 Å². The predicted molar refractivity (Wildman–Crippen MR) is 61.7 cm³/mol. The summed E-state index contributed by atoms with van der Waals surface area (Å²) in [5.41, 5.74) is 1.68. The van der Waals surface area contributed by atoms with Gasteiger partial charge in [0.05, 0.1) is 0 Å². The summed E-state index contributed by atoms with van der Waals surface area (Å²) in [4.78, 5) is 6.39. The molecule has 0 radical (unpaired) electrons. The van der Waals surface area contributed by atoms with Crippen LogP contribution in [0.2, 0.25) is 0 Å². The van der Waals surface area contributed by atoms with Gasteiger partial charge in [0, 0.05) is 25.8 Å². The lowest BCUT2D eigenvalue weighted by molar-refractivity contribution is 0.284. The van der Waals surface area contributed by atoms with Crippen LogP contribution in [-0.2, 0) is 6.54 Å². The number of rotatable bonds is 2. The highest BCUT2D eigenvalue weighted by atomic mass is 15.1. The first kappa shape index (κ1) is 11.1. The maximum absolute atomic E-state index is 8.78. The van der Waals surface area contributed by atoms with Crippen LogP contribution in [0.25, 0.3) is 0 Å². The number of nitriles is 1. The number of nitrogens with zero attached hydrogens (tertiary/aromatic N) is 3. The van der Waals surface area contributed by atoms with E-state index in [1.165, 1.54) is 12.0 Å². The Labute approximate surface area is 95.9 Å². The molecule has 2 heterocycles. The molecule has 4 heteroatoms. The molecule has 0 aliphatic carbocycles. The third-order valence-electron chi connectivity index (χ3n) is 2.78. The highest BCUT2D eigenvalue weighted by Crippen LogP contribution is 2.06. The van der Waals surface area contributed by atoms with Crippen LogP contribution in [0.3, 0.4) is 0 Å². The van der Waals surface area contributed by atoms with E-state index in [-0.39, 0.29) is 0 Å². The lowest BCUT2D eigenvalue weighted by Crippen LogP contribution is -2.27. The van der Waals surface area contributed by atoms with Gasteiger partial charge in [0.1, 0.15) is 11.8 Å². The molecule has 0 spiro atoms. The zero-order valence-corrected chi connectivity index (χ0v) is 9.32. The Balaban J connectivity index is 1.99. The molecule has 0 unspecified atom stereocenters. The van der Waals surface area contributed by atoms with Gasteiger partial charge in [0.15, 0.2) is 0 Å². The molecule has 84 valence electrons. The number of nitrogens with one attached hydrogen (secondary N) is 1. The maximum atomic E-state index is 8.78. The predicted octanol–water partition coefficient (Wildman–Crippen LogP) is 0.749. The van der Waals surface area contributed by atoms with E-state index in [4.69, 9.17) is 5.26 Å². The van der Waals surface area contributed by atoms with E-state index in [2.05, 4.69) is 21.3 Å². The fraction of sp³-hybridized carbons (Fsp3) is 0.500. The van der Waals surface area contributed by atoms with Crippen molar-refractivity contribution in [2.24, 2.45) is 0 Å². The monoisotopic (exact) mass is 216 g/mol. The summed E-state index contributed by atoms with van der Waals surface area (Å²) in [6.45, 7) is 5.27. The smallest absolute Gasteiger partial charge is 0.140 e. The molecule has 1 N–H and O–H groups in total. The molecule has 0 saturated carbocycles. The van der Waals surface area contributed by atoms with E-state index in [0.29, 0.717) is 5.69 Å². The lowest BCUT2D eigenvalue weighted by Gasteiger charge is -2.19. The van der Waals surface area contributed by atoms with Gasteiger partial charge in [-0.1, -0.05) is 0 Å². The Morgan fingerprint density at radius 3 is 3.25 bits per heavy atom. The minimum absolute atomic E-state index is 0.505. The second-order valence-corrected chi connectivity index (χ2v) is 4.04. The van der Waals surface area contributed by atoms with Crippen molar-refractivity contribution in [3.63, 3.8) is 0 Å². The average Bonchev–Trinajstić information content (AvgIpc) is 2.58. The molecule has 1 fully saturated rings. The SMILES string of the molecule is N#Cc1cc(CN2CCCNCC2)ccn1. The van der Waals surface area contributed by atoms with Gasteiger partial charge in [-0.2, -0.15) is 5.26 Å². The van der Waals surface area contributed by atoms with E-state index in [1.54, 1.807) is 6.20 Å². The Morgan fingerprint density at radius 1 is 1.44 bits per heavy atom. The van der Waals surface area contributed by atoms with Crippen molar-refractivity contribution < 1.29 is 0 Å². The lowest BCUT2D eigenvalue weighted by atomic mass is 10.2. The highest BCUT2D eigenvalue weighted by Gasteiger charge is 2.09. The Bertz CT molecular complexity index is 375. The van der Waals surface area contributed by atoms with Crippen molar-refractivity contribution in [1.82, 2.24) is 15.2 Å². The summed E-state index contributed by atoms with van der Waals surface area (Å²) in [5.74, 6) is 0. The number of pyridine rings is 1. The van der Waals surface area contributed by atoms with Crippen LogP contribution < -0.4 is 5.32 Å². The molecule has 2 rings (SSSR count). The molecule has 4 nitrogen and oxygen atoms in total. The summed E-state index contributed by atoms with van der Waals surface area (Å²) >= 11 is 0. The maximum Gasteiger partial charge on any atom is 0.140 e. The fourth-order valence-electron chi connectivity index (χ4n) is 1.95. The van der Waals surface area contributed by atoms with Gasteiger partial charge < -0.3 is 5.32 Å². The molecule has 1 aliphatic heterocycles. The average molecular weight is 216 g/mol. The van der Waals surface area contributed by atoms with E-state index >= 15 is 0 Å². The summed E-state index contributed by atoms with van der Waals surface area (Å²) < 4.78 is 0. The van der Waals surface area contributed by atoms with Crippen LogP contribution in [-0.4, -0.2) is 36.1 Å². The van der Waals surface area contributed by atoms with Gasteiger partial charge in [-0.3, -0.25) is 4.90 Å². The Morgan fingerprint density at radius 2 is 2.38 bits per heavy atom. The van der Waals surface area contributed by atoms with Gasteiger partial charge in [0.2, 0.25) is 0 Å². The molecular formula is C12H16N4. The summed E-state index contributed by atoms with van der Waals surface area (Å²) in [6, 6.07) is 5.93. The van der Waals surface area contributed by atoms with Crippen LogP contribution in [0, 0.1) is 11.3 Å². The largest absolute Gasteiger partial charge is 0.315 e. The fourth-order valence-corrected chi connectivity index (χ4v) is 1.95. The molecule has 0 amide bonds. The first-order chi connectivity index (χ1) is 7.88. The van der Waals surface area contributed by atoms with E-state index < -0.39 is 0 Å². The Kier molecular flexibility index (Phi) is 3.86. The summed E-state index contributed by atoms with van der Waals surface area (Å²) in [5, 5.41) is 12.2. The topological polar surface area (TPSA) is 52.0 Å². The van der Waals surface area contributed by atoms with Crippen LogP contribution in [0.4, 0.5) is 0 Å². The molecule has 1 saturated heterocycles. The quantitative estimate of drug-likeness (QED) is 0.792. The zero-order chi connectivity index (χ0) is 11.2. The van der Waals surface area contributed by atoms with Gasteiger partial charge in [-0.05, 0) is 37.2 Å². The highest BCUT2D eigenvalue weighted by molar-refractivity contribution is 5.25.